The van der Waals surface area contributed by atoms with Gasteiger partial charge in [-0.15, -0.1) is 0 Å². The lowest BCUT2D eigenvalue weighted by Crippen LogP contribution is -1.90. The first kappa shape index (κ1) is 9.93. The second-order valence-electron chi connectivity index (χ2n) is 3.00. The van der Waals surface area contributed by atoms with Crippen LogP contribution in [0.25, 0.3) is 6.08 Å². The van der Waals surface area contributed by atoms with Crippen molar-refractivity contribution in [1.82, 2.24) is 0 Å². The lowest BCUT2D eigenvalue weighted by atomic mass is 10.1. The molecule has 0 aliphatic rings. The number of rotatable bonds is 2. The molecule has 0 aliphatic heterocycles. The van der Waals surface area contributed by atoms with Crippen molar-refractivity contribution in [3.63, 3.8) is 0 Å². The van der Waals surface area contributed by atoms with E-state index in [1.807, 2.05) is 13.0 Å². The van der Waals surface area contributed by atoms with Gasteiger partial charge in [-0.3, -0.25) is 0 Å². The van der Waals surface area contributed by atoms with Crippen molar-refractivity contribution in [1.29, 1.82) is 0 Å². The average Bonchev–Trinajstić information content (AvgIpc) is 2.13. The third-order valence-electron chi connectivity index (χ3n) is 2.09. The van der Waals surface area contributed by atoms with Crippen molar-refractivity contribution in [2.75, 3.05) is 6.61 Å². The molecule has 13 heavy (non-hydrogen) atoms. The molecule has 0 amide bonds. The van der Waals surface area contributed by atoms with Gasteiger partial charge >= 0.3 is 0 Å². The van der Waals surface area contributed by atoms with Crippen molar-refractivity contribution in [3.05, 3.63) is 40.7 Å². The van der Waals surface area contributed by atoms with E-state index in [1.54, 1.807) is 19.1 Å². The molecule has 0 spiro atoms. The highest BCUT2D eigenvalue weighted by atomic mass is 19.1. The number of benzene rings is 1. The molecule has 0 aromatic heterocycles. The molecule has 1 nitrogen and oxygen atoms in total. The molecule has 1 aromatic carbocycles. The van der Waals surface area contributed by atoms with E-state index in [9.17, 15) is 4.39 Å². The van der Waals surface area contributed by atoms with Crippen LogP contribution in [0.15, 0.2) is 18.2 Å². The SMILES string of the molecule is Cc1ccc(/C=C\CO)c(F)c1C. The van der Waals surface area contributed by atoms with Crippen LogP contribution in [0.5, 0.6) is 0 Å². The molecule has 0 bridgehead atoms. The molecule has 0 unspecified atom stereocenters. The van der Waals surface area contributed by atoms with Crippen LogP contribution >= 0.6 is 0 Å². The minimum absolute atomic E-state index is 0.0631. The summed E-state index contributed by atoms with van der Waals surface area (Å²) in [6.07, 6.45) is 3.11. The fourth-order valence-electron chi connectivity index (χ4n) is 1.11. The number of aliphatic hydroxyl groups is 1. The third kappa shape index (κ3) is 2.16. The standard InChI is InChI=1S/C11H13FO/c1-8-5-6-10(4-3-7-13)11(12)9(8)2/h3-6,13H,7H2,1-2H3/b4-3-. The maximum atomic E-state index is 13.5. The van der Waals surface area contributed by atoms with E-state index in [0.29, 0.717) is 11.1 Å². The first-order valence-corrected chi connectivity index (χ1v) is 4.20. The summed E-state index contributed by atoms with van der Waals surface area (Å²) in [5, 5.41) is 8.53. The molecule has 0 aliphatic carbocycles. The van der Waals surface area contributed by atoms with Gasteiger partial charge in [-0.1, -0.05) is 24.3 Å². The van der Waals surface area contributed by atoms with Crippen LogP contribution in [-0.4, -0.2) is 11.7 Å². The summed E-state index contributed by atoms with van der Waals surface area (Å²) in [5.41, 5.74) is 2.14. The van der Waals surface area contributed by atoms with E-state index < -0.39 is 0 Å². The number of halogens is 1. The molecule has 70 valence electrons. The Balaban J connectivity index is 3.11. The summed E-state index contributed by atoms with van der Waals surface area (Å²) >= 11 is 0. The Labute approximate surface area is 77.5 Å². The lowest BCUT2D eigenvalue weighted by molar-refractivity contribution is 0.343. The van der Waals surface area contributed by atoms with Crippen LogP contribution in [-0.2, 0) is 0 Å². The molecule has 0 saturated heterocycles. The van der Waals surface area contributed by atoms with Gasteiger partial charge in [0, 0.05) is 5.56 Å². The molecular weight excluding hydrogens is 167 g/mol. The Morgan fingerprint density at radius 1 is 1.38 bits per heavy atom. The zero-order valence-corrected chi connectivity index (χ0v) is 7.84. The summed E-state index contributed by atoms with van der Waals surface area (Å²) in [5.74, 6) is -0.204. The highest BCUT2D eigenvalue weighted by Gasteiger charge is 2.03. The molecule has 0 saturated carbocycles. The summed E-state index contributed by atoms with van der Waals surface area (Å²) in [6, 6.07) is 3.58. The molecule has 2 heteroatoms. The first-order chi connectivity index (χ1) is 6.16. The number of aliphatic hydroxyl groups excluding tert-OH is 1. The predicted molar refractivity (Wildman–Crippen MR) is 52.0 cm³/mol. The Hall–Kier alpha value is -1.15. The van der Waals surface area contributed by atoms with Gasteiger partial charge < -0.3 is 5.11 Å². The van der Waals surface area contributed by atoms with Gasteiger partial charge in [-0.05, 0) is 25.0 Å². The number of hydrogen-bond acceptors (Lipinski definition) is 1. The fourth-order valence-corrected chi connectivity index (χ4v) is 1.11. The largest absolute Gasteiger partial charge is 0.392 e. The summed E-state index contributed by atoms with van der Waals surface area (Å²) in [4.78, 5) is 0. The smallest absolute Gasteiger partial charge is 0.133 e. The Kier molecular flexibility index (Phi) is 3.20. The van der Waals surface area contributed by atoms with Crippen molar-refractivity contribution < 1.29 is 9.50 Å². The molecule has 0 fully saturated rings. The van der Waals surface area contributed by atoms with Gasteiger partial charge in [-0.2, -0.15) is 0 Å². The Morgan fingerprint density at radius 2 is 2.08 bits per heavy atom. The number of hydrogen-bond donors (Lipinski definition) is 1. The normalized spacial score (nSPS) is 11.1. The average molecular weight is 180 g/mol. The van der Waals surface area contributed by atoms with E-state index >= 15 is 0 Å². The zero-order chi connectivity index (χ0) is 9.84. The highest BCUT2D eigenvalue weighted by Crippen LogP contribution is 2.17. The molecule has 1 aromatic rings. The van der Waals surface area contributed by atoms with Crippen LogP contribution < -0.4 is 0 Å². The fraction of sp³-hybridized carbons (Fsp3) is 0.273. The quantitative estimate of drug-likeness (QED) is 0.741. The summed E-state index contributed by atoms with van der Waals surface area (Å²) in [6.45, 7) is 3.56. The maximum absolute atomic E-state index is 13.5. The van der Waals surface area contributed by atoms with Crippen molar-refractivity contribution >= 4 is 6.08 Å². The van der Waals surface area contributed by atoms with Crippen molar-refractivity contribution in [3.8, 4) is 0 Å². The van der Waals surface area contributed by atoms with Gasteiger partial charge in [0.2, 0.25) is 0 Å². The number of aryl methyl sites for hydroxylation is 1. The summed E-state index contributed by atoms with van der Waals surface area (Å²) in [7, 11) is 0. The summed E-state index contributed by atoms with van der Waals surface area (Å²) < 4.78 is 13.5. The molecule has 1 N–H and O–H groups in total. The van der Waals surface area contributed by atoms with Gasteiger partial charge in [-0.25, -0.2) is 4.39 Å². The van der Waals surface area contributed by atoms with Gasteiger partial charge in [0.05, 0.1) is 6.61 Å². The van der Waals surface area contributed by atoms with Crippen molar-refractivity contribution in [2.45, 2.75) is 13.8 Å². The lowest BCUT2D eigenvalue weighted by Gasteiger charge is -2.03. The van der Waals surface area contributed by atoms with E-state index in [-0.39, 0.29) is 12.4 Å². The first-order valence-electron chi connectivity index (χ1n) is 4.20. The van der Waals surface area contributed by atoms with Gasteiger partial charge in [0.25, 0.3) is 0 Å². The van der Waals surface area contributed by atoms with Gasteiger partial charge in [0.1, 0.15) is 5.82 Å². The van der Waals surface area contributed by atoms with E-state index in [0.717, 1.165) is 5.56 Å². The maximum Gasteiger partial charge on any atom is 0.133 e. The minimum atomic E-state index is -0.204. The predicted octanol–water partition coefficient (Wildman–Crippen LogP) is 2.45. The Bertz CT molecular complexity index is 329. The van der Waals surface area contributed by atoms with Crippen LogP contribution in [0.2, 0.25) is 0 Å². The molecule has 1 rings (SSSR count). The van der Waals surface area contributed by atoms with E-state index in [4.69, 9.17) is 5.11 Å². The minimum Gasteiger partial charge on any atom is -0.392 e. The second kappa shape index (κ2) is 4.19. The van der Waals surface area contributed by atoms with Crippen LogP contribution in [0.4, 0.5) is 4.39 Å². The zero-order valence-electron chi connectivity index (χ0n) is 7.84. The van der Waals surface area contributed by atoms with Crippen LogP contribution in [0.3, 0.4) is 0 Å². The van der Waals surface area contributed by atoms with Crippen molar-refractivity contribution in [2.24, 2.45) is 0 Å². The molecule has 0 heterocycles. The van der Waals surface area contributed by atoms with Gasteiger partial charge in [0.15, 0.2) is 0 Å². The van der Waals surface area contributed by atoms with Crippen LogP contribution in [0, 0.1) is 19.7 Å². The van der Waals surface area contributed by atoms with E-state index in [2.05, 4.69) is 0 Å². The highest BCUT2D eigenvalue weighted by molar-refractivity contribution is 5.52. The third-order valence-corrected chi connectivity index (χ3v) is 2.09. The van der Waals surface area contributed by atoms with Crippen LogP contribution in [0.1, 0.15) is 16.7 Å². The van der Waals surface area contributed by atoms with E-state index in [1.165, 1.54) is 6.08 Å². The molecule has 0 atom stereocenters. The topological polar surface area (TPSA) is 20.2 Å². The second-order valence-corrected chi connectivity index (χ2v) is 3.00. The monoisotopic (exact) mass is 180 g/mol. The Morgan fingerprint density at radius 3 is 2.69 bits per heavy atom. The molecule has 0 radical (unpaired) electrons. The molecular formula is C11H13FO.